The maximum Gasteiger partial charge on any atom is 0.179 e. The van der Waals surface area contributed by atoms with Crippen molar-refractivity contribution in [3.63, 3.8) is 0 Å². The van der Waals surface area contributed by atoms with Crippen LogP contribution in [-0.4, -0.2) is 33.2 Å². The minimum absolute atomic E-state index is 0.00534. The van der Waals surface area contributed by atoms with Gasteiger partial charge in [-0.25, -0.2) is 8.42 Å². The van der Waals surface area contributed by atoms with Crippen molar-refractivity contribution in [2.24, 2.45) is 0 Å². The number of carbonyl (C=O) groups is 1. The van der Waals surface area contributed by atoms with Crippen molar-refractivity contribution in [2.75, 3.05) is 19.0 Å². The Morgan fingerprint density at radius 1 is 1.06 bits per heavy atom. The van der Waals surface area contributed by atoms with Crippen molar-refractivity contribution in [2.45, 2.75) is 17.7 Å². The fourth-order valence-corrected chi connectivity index (χ4v) is 3.75. The van der Waals surface area contributed by atoms with Gasteiger partial charge in [-0.15, -0.1) is 0 Å². The van der Waals surface area contributed by atoms with Crippen LogP contribution < -0.4 is 9.47 Å². The molecule has 0 saturated carbocycles. The second-order valence-corrected chi connectivity index (χ2v) is 6.42. The molecule has 0 N–H and O–H groups in total. The first-order valence-electron chi connectivity index (χ1n) is 5.77. The fourth-order valence-electron chi connectivity index (χ4n) is 2.21. The van der Waals surface area contributed by atoms with E-state index in [9.17, 15) is 13.2 Å². The van der Waals surface area contributed by atoms with Crippen molar-refractivity contribution in [3.8, 4) is 11.5 Å². The summed E-state index contributed by atoms with van der Waals surface area (Å²) < 4.78 is 34.9. The lowest BCUT2D eigenvalue weighted by Crippen LogP contribution is -2.17. The summed E-state index contributed by atoms with van der Waals surface area (Å²) in [4.78, 5) is 12.0. The Labute approximate surface area is 105 Å². The van der Waals surface area contributed by atoms with Crippen LogP contribution in [0.1, 0.15) is 23.2 Å². The molecule has 18 heavy (non-hydrogen) atoms. The third kappa shape index (κ3) is 1.77. The van der Waals surface area contributed by atoms with Gasteiger partial charge in [-0.1, -0.05) is 0 Å². The summed E-state index contributed by atoms with van der Waals surface area (Å²) in [5.41, 5.74) is 0.233. The van der Waals surface area contributed by atoms with Crippen molar-refractivity contribution >= 4 is 15.6 Å². The molecule has 0 radical (unpaired) electrons. The first-order chi connectivity index (χ1) is 8.58. The molecule has 0 amide bonds. The summed E-state index contributed by atoms with van der Waals surface area (Å²) in [5.74, 6) is 0.706. The third-order valence-electron chi connectivity index (χ3n) is 3.10. The van der Waals surface area contributed by atoms with Crippen LogP contribution >= 0.6 is 0 Å². The predicted molar refractivity (Wildman–Crippen MR) is 63.0 cm³/mol. The molecule has 2 aliphatic heterocycles. The van der Waals surface area contributed by atoms with E-state index in [1.807, 2.05) is 0 Å². The molecule has 2 aliphatic rings. The first kappa shape index (κ1) is 11.5. The Morgan fingerprint density at radius 3 is 2.44 bits per heavy atom. The van der Waals surface area contributed by atoms with E-state index in [1.54, 1.807) is 0 Å². The van der Waals surface area contributed by atoms with Gasteiger partial charge in [0, 0.05) is 18.1 Å². The maximum absolute atomic E-state index is 12.1. The molecule has 5 nitrogen and oxygen atoms in total. The standard InChI is InChI=1S/C12H12O5S/c13-9-2-1-5-18(14,15)12-7-11-10(6-8(9)12)16-3-4-17-11/h6-7H,1-5H2. The van der Waals surface area contributed by atoms with Crippen LogP contribution in [0, 0.1) is 0 Å². The number of carbonyl (C=O) groups excluding carboxylic acids is 1. The molecule has 1 aromatic rings. The smallest absolute Gasteiger partial charge is 0.179 e. The zero-order valence-corrected chi connectivity index (χ0v) is 10.5. The number of fused-ring (bicyclic) bond motifs is 2. The van der Waals surface area contributed by atoms with E-state index in [0.717, 1.165) is 0 Å². The van der Waals surface area contributed by atoms with Gasteiger partial charge in [0.25, 0.3) is 0 Å². The highest BCUT2D eigenvalue weighted by Gasteiger charge is 2.29. The van der Waals surface area contributed by atoms with E-state index in [-0.39, 0.29) is 28.4 Å². The largest absolute Gasteiger partial charge is 0.486 e. The lowest BCUT2D eigenvalue weighted by atomic mass is 10.1. The van der Waals surface area contributed by atoms with Crippen LogP contribution in [0.15, 0.2) is 17.0 Å². The third-order valence-corrected chi connectivity index (χ3v) is 4.93. The van der Waals surface area contributed by atoms with Crippen LogP contribution in [0.2, 0.25) is 0 Å². The molecule has 0 saturated heterocycles. The summed E-state index contributed by atoms with van der Waals surface area (Å²) in [6.07, 6.45) is 0.619. The lowest BCUT2D eigenvalue weighted by Gasteiger charge is -2.20. The van der Waals surface area contributed by atoms with Gasteiger partial charge in [0.1, 0.15) is 13.2 Å². The number of rotatable bonds is 0. The fraction of sp³-hybridized carbons (Fsp3) is 0.417. The lowest BCUT2D eigenvalue weighted by molar-refractivity contribution is 0.0978. The Balaban J connectivity index is 2.25. The van der Waals surface area contributed by atoms with Gasteiger partial charge in [-0.2, -0.15) is 0 Å². The number of hydrogen-bond acceptors (Lipinski definition) is 5. The maximum atomic E-state index is 12.1. The van der Waals surface area contributed by atoms with E-state index in [0.29, 0.717) is 31.1 Å². The molecule has 0 atom stereocenters. The van der Waals surface area contributed by atoms with Gasteiger partial charge in [0.05, 0.1) is 10.6 Å². The van der Waals surface area contributed by atoms with Crippen molar-refractivity contribution in [1.29, 1.82) is 0 Å². The number of ether oxygens (including phenoxy) is 2. The molecule has 0 spiro atoms. The molecule has 96 valence electrons. The average Bonchev–Trinajstić information content (AvgIpc) is 2.46. The topological polar surface area (TPSA) is 69.7 Å². The number of hydrogen-bond donors (Lipinski definition) is 0. The van der Waals surface area contributed by atoms with Crippen molar-refractivity contribution in [1.82, 2.24) is 0 Å². The van der Waals surface area contributed by atoms with Crippen molar-refractivity contribution in [3.05, 3.63) is 17.7 Å². The van der Waals surface area contributed by atoms with Gasteiger partial charge < -0.3 is 9.47 Å². The highest BCUT2D eigenvalue weighted by molar-refractivity contribution is 7.91. The minimum atomic E-state index is -3.40. The SMILES string of the molecule is O=C1CCCS(=O)(=O)c2cc3c(cc21)OCCO3. The highest BCUT2D eigenvalue weighted by atomic mass is 32.2. The van der Waals surface area contributed by atoms with E-state index < -0.39 is 9.84 Å². The van der Waals surface area contributed by atoms with E-state index in [1.165, 1.54) is 12.1 Å². The molecular weight excluding hydrogens is 256 g/mol. The molecule has 3 rings (SSSR count). The number of ketones is 1. The Kier molecular flexibility index (Phi) is 2.55. The van der Waals surface area contributed by atoms with Crippen LogP contribution in [0.3, 0.4) is 0 Å². The second kappa shape index (κ2) is 3.98. The molecule has 0 fully saturated rings. The van der Waals surface area contributed by atoms with Gasteiger partial charge in [0.2, 0.25) is 0 Å². The molecule has 0 aliphatic carbocycles. The van der Waals surface area contributed by atoms with E-state index in [4.69, 9.17) is 9.47 Å². The number of sulfone groups is 1. The minimum Gasteiger partial charge on any atom is -0.486 e. The monoisotopic (exact) mass is 268 g/mol. The number of benzene rings is 1. The van der Waals surface area contributed by atoms with Gasteiger partial charge in [-0.3, -0.25) is 4.79 Å². The summed E-state index contributed by atoms with van der Waals surface area (Å²) in [5, 5.41) is 0. The summed E-state index contributed by atoms with van der Waals surface area (Å²) in [7, 11) is -3.40. The Morgan fingerprint density at radius 2 is 1.72 bits per heavy atom. The molecule has 0 bridgehead atoms. The van der Waals surface area contributed by atoms with Crippen molar-refractivity contribution < 1.29 is 22.7 Å². The van der Waals surface area contributed by atoms with E-state index >= 15 is 0 Å². The van der Waals surface area contributed by atoms with Gasteiger partial charge in [0.15, 0.2) is 27.1 Å². The highest BCUT2D eigenvalue weighted by Crippen LogP contribution is 2.37. The Bertz CT molecular complexity index is 618. The molecule has 2 heterocycles. The molecule has 6 heteroatoms. The molecular formula is C12H12O5S. The van der Waals surface area contributed by atoms with Gasteiger partial charge >= 0.3 is 0 Å². The Hall–Kier alpha value is -1.56. The second-order valence-electron chi connectivity index (χ2n) is 4.34. The quantitative estimate of drug-likeness (QED) is 0.707. The van der Waals surface area contributed by atoms with Gasteiger partial charge in [-0.05, 0) is 12.5 Å². The zero-order chi connectivity index (χ0) is 12.8. The predicted octanol–water partition coefficient (Wildman–Crippen LogP) is 1.21. The van der Waals surface area contributed by atoms with Crippen LogP contribution in [0.4, 0.5) is 0 Å². The first-order valence-corrected chi connectivity index (χ1v) is 7.43. The molecule has 1 aromatic carbocycles. The summed E-state index contributed by atoms with van der Waals surface area (Å²) >= 11 is 0. The van der Waals surface area contributed by atoms with E-state index in [2.05, 4.69) is 0 Å². The number of Topliss-reactive ketones (excluding diaryl/α,β-unsaturated/α-hetero) is 1. The molecule has 0 aromatic heterocycles. The van der Waals surface area contributed by atoms with Crippen LogP contribution in [0.25, 0.3) is 0 Å². The summed E-state index contributed by atoms with van der Waals surface area (Å²) in [6.45, 7) is 0.798. The average molecular weight is 268 g/mol. The summed E-state index contributed by atoms with van der Waals surface area (Å²) in [6, 6.07) is 2.91. The normalized spacial score (nSPS) is 21.0. The molecule has 0 unspecified atom stereocenters. The van der Waals surface area contributed by atoms with Crippen LogP contribution in [-0.2, 0) is 9.84 Å². The zero-order valence-electron chi connectivity index (χ0n) is 9.64. The van der Waals surface area contributed by atoms with Crippen LogP contribution in [0.5, 0.6) is 11.5 Å².